The van der Waals surface area contributed by atoms with Crippen molar-refractivity contribution in [2.75, 3.05) is 18.5 Å². The van der Waals surface area contributed by atoms with Crippen molar-refractivity contribution < 1.29 is 4.39 Å². The molecule has 6 heteroatoms. The summed E-state index contributed by atoms with van der Waals surface area (Å²) in [5.74, 6) is 0.168. The molecule has 2 aromatic rings. The molecule has 0 radical (unpaired) electrons. The maximum absolute atomic E-state index is 14.0. The van der Waals surface area contributed by atoms with Gasteiger partial charge in [0, 0.05) is 19.8 Å². The molecule has 0 atom stereocenters. The standard InChI is InChI=1S/C12H14ClFN4.C3H6.C2H6/c1-4-5-18(3)11-8-6-15-7(2)9(14)10(8)16-12(13)17-11;1-2-3-1;1-2/h6H,4-5H2,1-3H3;1-3H2;1-2H3. The van der Waals surface area contributed by atoms with Crippen LogP contribution in [0.25, 0.3) is 10.9 Å². The van der Waals surface area contributed by atoms with E-state index in [1.165, 1.54) is 19.3 Å². The average molecular weight is 341 g/mol. The van der Waals surface area contributed by atoms with E-state index in [0.29, 0.717) is 16.9 Å². The van der Waals surface area contributed by atoms with Crippen LogP contribution in [-0.2, 0) is 0 Å². The Labute approximate surface area is 143 Å². The summed E-state index contributed by atoms with van der Waals surface area (Å²) in [5.41, 5.74) is 0.529. The van der Waals surface area contributed by atoms with Crippen molar-refractivity contribution in [3.05, 3.63) is 23.0 Å². The zero-order chi connectivity index (χ0) is 17.4. The van der Waals surface area contributed by atoms with Crippen LogP contribution in [0, 0.1) is 12.7 Å². The number of anilines is 1. The summed E-state index contributed by atoms with van der Waals surface area (Å²) in [6.45, 7) is 8.46. The Morgan fingerprint density at radius 2 is 1.83 bits per heavy atom. The summed E-state index contributed by atoms with van der Waals surface area (Å²) < 4.78 is 14.0. The molecule has 1 aliphatic rings. The van der Waals surface area contributed by atoms with Crippen LogP contribution in [-0.4, -0.2) is 28.5 Å². The zero-order valence-corrected chi connectivity index (χ0v) is 15.4. The van der Waals surface area contributed by atoms with Gasteiger partial charge in [-0.1, -0.05) is 40.0 Å². The highest BCUT2D eigenvalue weighted by Crippen LogP contribution is 2.26. The Morgan fingerprint density at radius 3 is 2.35 bits per heavy atom. The Hall–Kier alpha value is -1.49. The van der Waals surface area contributed by atoms with Crippen LogP contribution in [0.2, 0.25) is 5.28 Å². The zero-order valence-electron chi connectivity index (χ0n) is 14.7. The summed E-state index contributed by atoms with van der Waals surface area (Å²) >= 11 is 5.86. The molecule has 1 aliphatic carbocycles. The van der Waals surface area contributed by atoms with Crippen molar-refractivity contribution in [1.82, 2.24) is 15.0 Å². The average Bonchev–Trinajstić information content (AvgIpc) is 3.42. The molecule has 0 N–H and O–H groups in total. The van der Waals surface area contributed by atoms with Gasteiger partial charge in [0.2, 0.25) is 5.28 Å². The summed E-state index contributed by atoms with van der Waals surface area (Å²) in [4.78, 5) is 14.1. The first-order chi connectivity index (χ1) is 11.0. The smallest absolute Gasteiger partial charge is 0.225 e. The minimum Gasteiger partial charge on any atom is -0.359 e. The van der Waals surface area contributed by atoms with Gasteiger partial charge < -0.3 is 4.90 Å². The number of halogens is 2. The highest BCUT2D eigenvalue weighted by molar-refractivity contribution is 6.28. The Bertz CT molecular complexity index is 629. The second kappa shape index (κ2) is 9.60. The second-order valence-corrected chi connectivity index (χ2v) is 5.56. The molecule has 1 fully saturated rings. The van der Waals surface area contributed by atoms with Crippen LogP contribution >= 0.6 is 11.6 Å². The molecule has 1 saturated carbocycles. The van der Waals surface area contributed by atoms with Crippen molar-refractivity contribution in [3.8, 4) is 0 Å². The fourth-order valence-electron chi connectivity index (χ4n) is 1.84. The summed E-state index contributed by atoms with van der Waals surface area (Å²) in [6, 6.07) is 0. The minimum atomic E-state index is -0.442. The van der Waals surface area contributed by atoms with E-state index in [4.69, 9.17) is 11.6 Å². The lowest BCUT2D eigenvalue weighted by molar-refractivity contribution is 0.619. The van der Waals surface area contributed by atoms with Crippen LogP contribution in [0.15, 0.2) is 6.20 Å². The molecule has 0 amide bonds. The third-order valence-corrected chi connectivity index (χ3v) is 3.25. The van der Waals surface area contributed by atoms with E-state index in [0.717, 1.165) is 13.0 Å². The molecule has 23 heavy (non-hydrogen) atoms. The van der Waals surface area contributed by atoms with Gasteiger partial charge >= 0.3 is 0 Å². The number of nitrogens with zero attached hydrogens (tertiary/aromatic N) is 4. The quantitative estimate of drug-likeness (QED) is 0.723. The van der Waals surface area contributed by atoms with E-state index in [-0.39, 0.29) is 10.8 Å². The summed E-state index contributed by atoms with van der Waals surface area (Å²) in [5, 5.41) is 0.628. The third kappa shape index (κ3) is 5.57. The Morgan fingerprint density at radius 1 is 1.22 bits per heavy atom. The molecule has 0 bridgehead atoms. The molecule has 128 valence electrons. The summed E-state index contributed by atoms with van der Waals surface area (Å²) in [6.07, 6.45) is 7.05. The monoisotopic (exact) mass is 340 g/mol. The van der Waals surface area contributed by atoms with Gasteiger partial charge in [-0.25, -0.2) is 9.37 Å². The van der Waals surface area contributed by atoms with E-state index in [9.17, 15) is 4.39 Å². The van der Waals surface area contributed by atoms with Gasteiger partial charge in [0.25, 0.3) is 0 Å². The molecule has 2 aromatic heterocycles. The Kier molecular flexibility index (Phi) is 8.17. The lowest BCUT2D eigenvalue weighted by Gasteiger charge is -2.19. The highest BCUT2D eigenvalue weighted by Gasteiger charge is 2.15. The first kappa shape index (κ1) is 19.6. The number of fused-ring (bicyclic) bond motifs is 1. The molecule has 3 rings (SSSR count). The summed E-state index contributed by atoms with van der Waals surface area (Å²) in [7, 11) is 1.89. The largest absolute Gasteiger partial charge is 0.359 e. The number of hydrogen-bond acceptors (Lipinski definition) is 4. The Balaban J connectivity index is 0.000000460. The number of pyridine rings is 1. The molecule has 0 spiro atoms. The topological polar surface area (TPSA) is 41.9 Å². The molecular formula is C17H26ClFN4. The van der Waals surface area contributed by atoms with E-state index in [1.807, 2.05) is 25.8 Å². The van der Waals surface area contributed by atoms with Gasteiger partial charge in [0.05, 0.1) is 11.1 Å². The molecular weight excluding hydrogens is 315 g/mol. The van der Waals surface area contributed by atoms with Gasteiger partial charge in [0.15, 0.2) is 5.82 Å². The van der Waals surface area contributed by atoms with Gasteiger partial charge in [-0.15, -0.1) is 0 Å². The fraction of sp³-hybridized carbons (Fsp3) is 0.588. The van der Waals surface area contributed by atoms with Gasteiger partial charge in [0.1, 0.15) is 11.3 Å². The molecule has 0 unspecified atom stereocenters. The van der Waals surface area contributed by atoms with Crippen LogP contribution < -0.4 is 4.90 Å². The van der Waals surface area contributed by atoms with Crippen molar-refractivity contribution in [2.24, 2.45) is 0 Å². The first-order valence-corrected chi connectivity index (χ1v) is 8.61. The lowest BCUT2D eigenvalue weighted by Crippen LogP contribution is -2.20. The second-order valence-electron chi connectivity index (χ2n) is 5.22. The normalized spacial score (nSPS) is 12.0. The molecule has 0 aliphatic heterocycles. The van der Waals surface area contributed by atoms with Crippen molar-refractivity contribution in [3.63, 3.8) is 0 Å². The van der Waals surface area contributed by atoms with Crippen LogP contribution in [0.4, 0.5) is 10.2 Å². The van der Waals surface area contributed by atoms with E-state index in [2.05, 4.69) is 21.9 Å². The first-order valence-electron chi connectivity index (χ1n) is 8.24. The van der Waals surface area contributed by atoms with Crippen molar-refractivity contribution in [2.45, 2.75) is 53.4 Å². The van der Waals surface area contributed by atoms with Crippen molar-refractivity contribution >= 4 is 28.3 Å². The third-order valence-electron chi connectivity index (χ3n) is 3.09. The maximum Gasteiger partial charge on any atom is 0.225 e. The van der Waals surface area contributed by atoms with Gasteiger partial charge in [-0.2, -0.15) is 4.98 Å². The maximum atomic E-state index is 14.0. The number of rotatable bonds is 3. The molecule has 0 aromatic carbocycles. The number of aromatic nitrogens is 3. The fourth-order valence-corrected chi connectivity index (χ4v) is 2.00. The van der Waals surface area contributed by atoms with Crippen LogP contribution in [0.5, 0.6) is 0 Å². The van der Waals surface area contributed by atoms with Crippen LogP contribution in [0.3, 0.4) is 0 Å². The number of hydrogen-bond donors (Lipinski definition) is 0. The van der Waals surface area contributed by atoms with Gasteiger partial charge in [-0.05, 0) is 24.9 Å². The van der Waals surface area contributed by atoms with E-state index in [1.54, 1.807) is 13.1 Å². The van der Waals surface area contributed by atoms with E-state index >= 15 is 0 Å². The highest BCUT2D eigenvalue weighted by atomic mass is 35.5. The van der Waals surface area contributed by atoms with E-state index < -0.39 is 5.82 Å². The van der Waals surface area contributed by atoms with Crippen molar-refractivity contribution in [1.29, 1.82) is 0 Å². The SMILES string of the molecule is C1CC1.CC.CCCN(C)c1nc(Cl)nc2c(F)c(C)ncc12. The van der Waals surface area contributed by atoms with Gasteiger partial charge in [-0.3, -0.25) is 4.98 Å². The minimum absolute atomic E-state index is 0.0463. The number of aryl methyl sites for hydroxylation is 1. The lowest BCUT2D eigenvalue weighted by atomic mass is 10.2. The van der Waals surface area contributed by atoms with Crippen LogP contribution in [0.1, 0.15) is 52.1 Å². The predicted molar refractivity (Wildman–Crippen MR) is 95.8 cm³/mol. The molecule has 0 saturated heterocycles. The molecule has 4 nitrogen and oxygen atoms in total. The predicted octanol–water partition coefficient (Wildman–Crippen LogP) is 5.17. The molecule has 2 heterocycles.